The number of Topliss-reactive ketones (excluding diaryl/α,β-unsaturated/α-hetero) is 1. The average Bonchev–Trinajstić information content (AvgIpc) is 2.97. The monoisotopic (exact) mass is 282 g/mol. The fraction of sp³-hybridized carbons (Fsp3) is 0.125. The van der Waals surface area contributed by atoms with Gasteiger partial charge in [-0.2, -0.15) is 0 Å². The van der Waals surface area contributed by atoms with Gasteiger partial charge in [-0.1, -0.05) is 42.5 Å². The van der Waals surface area contributed by atoms with Gasteiger partial charge < -0.3 is 5.73 Å². The van der Waals surface area contributed by atoms with Crippen molar-refractivity contribution in [3.63, 3.8) is 0 Å². The smallest absolute Gasteiger partial charge is 0.186 e. The molecule has 3 nitrogen and oxygen atoms in total. The van der Waals surface area contributed by atoms with Gasteiger partial charge in [0.25, 0.3) is 0 Å². The minimum atomic E-state index is 0.0392. The summed E-state index contributed by atoms with van der Waals surface area (Å²) in [5.41, 5.74) is 7.08. The summed E-state index contributed by atoms with van der Waals surface area (Å²) in [5.74, 6) is 0.0392. The Kier molecular flexibility index (Phi) is 3.58. The fourth-order valence-corrected chi connectivity index (χ4v) is 2.92. The van der Waals surface area contributed by atoms with Crippen molar-refractivity contribution in [1.29, 1.82) is 0 Å². The molecule has 0 atom stereocenters. The lowest BCUT2D eigenvalue weighted by molar-refractivity contribution is 0.0989. The SMILES string of the molecule is NCc1nc(C(=O)Cc2cccc3ccccc23)cs1. The number of thiazole rings is 1. The van der Waals surface area contributed by atoms with Gasteiger partial charge in [0.2, 0.25) is 0 Å². The zero-order chi connectivity index (χ0) is 13.9. The second-order valence-electron chi connectivity index (χ2n) is 4.57. The highest BCUT2D eigenvalue weighted by molar-refractivity contribution is 7.09. The highest BCUT2D eigenvalue weighted by Crippen LogP contribution is 2.20. The lowest BCUT2D eigenvalue weighted by Gasteiger charge is -2.04. The Morgan fingerprint density at radius 3 is 2.75 bits per heavy atom. The molecular formula is C16H14N2OS. The molecule has 0 saturated carbocycles. The normalized spacial score (nSPS) is 10.8. The van der Waals surface area contributed by atoms with Crippen LogP contribution in [-0.4, -0.2) is 10.8 Å². The molecule has 0 amide bonds. The summed E-state index contributed by atoms with van der Waals surface area (Å²) in [5, 5.41) is 4.86. The molecular weight excluding hydrogens is 268 g/mol. The van der Waals surface area contributed by atoms with E-state index in [9.17, 15) is 4.79 Å². The number of benzene rings is 2. The Hall–Kier alpha value is -2.04. The van der Waals surface area contributed by atoms with Crippen LogP contribution in [0.1, 0.15) is 21.1 Å². The molecule has 0 bridgehead atoms. The van der Waals surface area contributed by atoms with Gasteiger partial charge in [-0.3, -0.25) is 4.79 Å². The molecule has 100 valence electrons. The number of nitrogens with zero attached hydrogens (tertiary/aromatic N) is 1. The molecule has 0 saturated heterocycles. The number of fused-ring (bicyclic) bond motifs is 1. The second kappa shape index (κ2) is 5.53. The number of carbonyl (C=O) groups excluding carboxylic acids is 1. The van der Waals surface area contributed by atoms with Crippen LogP contribution in [0.3, 0.4) is 0 Å². The highest BCUT2D eigenvalue weighted by Gasteiger charge is 2.12. The van der Waals surface area contributed by atoms with Crippen molar-refractivity contribution in [2.45, 2.75) is 13.0 Å². The molecule has 1 aromatic heterocycles. The van der Waals surface area contributed by atoms with Gasteiger partial charge in [0.1, 0.15) is 10.7 Å². The summed E-state index contributed by atoms with van der Waals surface area (Å²) in [4.78, 5) is 16.5. The maximum Gasteiger partial charge on any atom is 0.186 e. The number of hydrogen-bond donors (Lipinski definition) is 1. The molecule has 4 heteroatoms. The highest BCUT2D eigenvalue weighted by atomic mass is 32.1. The van der Waals surface area contributed by atoms with Crippen LogP contribution in [0.25, 0.3) is 10.8 Å². The van der Waals surface area contributed by atoms with Gasteiger partial charge in [-0.25, -0.2) is 4.98 Å². The van der Waals surface area contributed by atoms with Crippen LogP contribution in [0, 0.1) is 0 Å². The third-order valence-electron chi connectivity index (χ3n) is 3.24. The zero-order valence-corrected chi connectivity index (χ0v) is 11.7. The molecule has 0 spiro atoms. The third kappa shape index (κ3) is 2.48. The van der Waals surface area contributed by atoms with Crippen molar-refractivity contribution in [2.75, 3.05) is 0 Å². The third-order valence-corrected chi connectivity index (χ3v) is 4.11. The number of nitrogens with two attached hydrogens (primary N) is 1. The zero-order valence-electron chi connectivity index (χ0n) is 10.9. The van der Waals surface area contributed by atoms with Crippen molar-refractivity contribution in [3.05, 3.63) is 64.1 Å². The van der Waals surface area contributed by atoms with Crippen molar-refractivity contribution in [2.24, 2.45) is 5.73 Å². The van der Waals surface area contributed by atoms with Gasteiger partial charge in [-0.05, 0) is 16.3 Å². The van der Waals surface area contributed by atoms with Crippen LogP contribution in [0.15, 0.2) is 47.8 Å². The van der Waals surface area contributed by atoms with E-state index in [1.165, 1.54) is 11.3 Å². The number of ketones is 1. The first-order chi connectivity index (χ1) is 9.78. The Balaban J connectivity index is 1.91. The van der Waals surface area contributed by atoms with Gasteiger partial charge in [0.05, 0.1) is 0 Å². The van der Waals surface area contributed by atoms with Crippen molar-refractivity contribution in [3.8, 4) is 0 Å². The fourth-order valence-electron chi connectivity index (χ4n) is 2.24. The summed E-state index contributed by atoms with van der Waals surface area (Å²) in [6, 6.07) is 14.1. The Morgan fingerprint density at radius 1 is 1.15 bits per heavy atom. The van der Waals surface area contributed by atoms with Crippen LogP contribution in [-0.2, 0) is 13.0 Å². The molecule has 0 aliphatic rings. The van der Waals surface area contributed by atoms with E-state index in [1.807, 2.05) is 30.3 Å². The number of rotatable bonds is 4. The lowest BCUT2D eigenvalue weighted by Crippen LogP contribution is -2.05. The Bertz CT molecular complexity index is 759. The molecule has 2 N–H and O–H groups in total. The van der Waals surface area contributed by atoms with E-state index < -0.39 is 0 Å². The number of aromatic nitrogens is 1. The quantitative estimate of drug-likeness (QED) is 0.748. The largest absolute Gasteiger partial charge is 0.325 e. The Morgan fingerprint density at radius 2 is 1.95 bits per heavy atom. The first-order valence-electron chi connectivity index (χ1n) is 6.42. The molecule has 0 unspecified atom stereocenters. The molecule has 2 aromatic carbocycles. The second-order valence-corrected chi connectivity index (χ2v) is 5.51. The van der Waals surface area contributed by atoms with Crippen LogP contribution in [0.5, 0.6) is 0 Å². The van der Waals surface area contributed by atoms with Gasteiger partial charge in [0.15, 0.2) is 5.78 Å². The van der Waals surface area contributed by atoms with Gasteiger partial charge in [0, 0.05) is 18.3 Å². The van der Waals surface area contributed by atoms with E-state index in [0.717, 1.165) is 21.3 Å². The Labute approximate surface area is 121 Å². The predicted molar refractivity (Wildman–Crippen MR) is 82.0 cm³/mol. The minimum Gasteiger partial charge on any atom is -0.325 e. The first-order valence-corrected chi connectivity index (χ1v) is 7.30. The molecule has 0 aliphatic carbocycles. The summed E-state index contributed by atoms with van der Waals surface area (Å²) in [6.07, 6.45) is 0.370. The van der Waals surface area contributed by atoms with E-state index in [-0.39, 0.29) is 5.78 Å². The average molecular weight is 282 g/mol. The molecule has 0 fully saturated rings. The lowest BCUT2D eigenvalue weighted by atomic mass is 10.00. The molecule has 3 aromatic rings. The summed E-state index contributed by atoms with van der Waals surface area (Å²) >= 11 is 1.44. The first kappa shape index (κ1) is 13.0. The van der Waals surface area contributed by atoms with E-state index in [0.29, 0.717) is 18.7 Å². The van der Waals surface area contributed by atoms with Crippen LogP contribution in [0.4, 0.5) is 0 Å². The standard InChI is InChI=1S/C16H14N2OS/c17-9-16-18-14(10-20-16)15(19)8-12-6-3-5-11-4-1-2-7-13(11)12/h1-7,10H,8-9,17H2. The van der Waals surface area contributed by atoms with E-state index in [1.54, 1.807) is 5.38 Å². The van der Waals surface area contributed by atoms with Crippen molar-refractivity contribution in [1.82, 2.24) is 4.98 Å². The predicted octanol–water partition coefficient (Wildman–Crippen LogP) is 3.18. The minimum absolute atomic E-state index is 0.0392. The number of carbonyl (C=O) groups is 1. The molecule has 0 aliphatic heterocycles. The van der Waals surface area contributed by atoms with Gasteiger partial charge in [-0.15, -0.1) is 11.3 Å². The molecule has 0 radical (unpaired) electrons. The van der Waals surface area contributed by atoms with E-state index in [2.05, 4.69) is 17.1 Å². The van der Waals surface area contributed by atoms with Crippen LogP contribution >= 0.6 is 11.3 Å². The van der Waals surface area contributed by atoms with E-state index in [4.69, 9.17) is 5.73 Å². The topological polar surface area (TPSA) is 56.0 Å². The van der Waals surface area contributed by atoms with E-state index >= 15 is 0 Å². The summed E-state index contributed by atoms with van der Waals surface area (Å²) in [7, 11) is 0. The van der Waals surface area contributed by atoms with Crippen molar-refractivity contribution >= 4 is 27.9 Å². The number of hydrogen-bond acceptors (Lipinski definition) is 4. The van der Waals surface area contributed by atoms with Crippen LogP contribution in [0.2, 0.25) is 0 Å². The van der Waals surface area contributed by atoms with Crippen molar-refractivity contribution < 1.29 is 4.79 Å². The molecule has 1 heterocycles. The molecule has 3 rings (SSSR count). The summed E-state index contributed by atoms with van der Waals surface area (Å²) in [6.45, 7) is 0.381. The molecule has 20 heavy (non-hydrogen) atoms. The maximum atomic E-state index is 12.3. The maximum absolute atomic E-state index is 12.3. The van der Waals surface area contributed by atoms with Gasteiger partial charge >= 0.3 is 0 Å². The summed E-state index contributed by atoms with van der Waals surface area (Å²) < 4.78 is 0. The van der Waals surface area contributed by atoms with Crippen LogP contribution < -0.4 is 5.73 Å².